The van der Waals surface area contributed by atoms with Crippen LogP contribution >= 0.6 is 0 Å². The minimum atomic E-state index is -0.197. The number of nitrogens with one attached hydrogen (secondary N) is 1. The van der Waals surface area contributed by atoms with Crippen LogP contribution in [0.3, 0.4) is 0 Å². The van der Waals surface area contributed by atoms with Crippen molar-refractivity contribution < 1.29 is 5.11 Å². The summed E-state index contributed by atoms with van der Waals surface area (Å²) in [4.78, 5) is 0. The summed E-state index contributed by atoms with van der Waals surface area (Å²) in [6, 6.07) is 9.96. The predicted octanol–water partition coefficient (Wildman–Crippen LogP) is 1.79. The Labute approximate surface area is 97.7 Å². The molecule has 0 aromatic heterocycles. The topological polar surface area (TPSA) is 32.3 Å². The molecule has 0 saturated heterocycles. The van der Waals surface area contributed by atoms with E-state index in [1.165, 1.54) is 0 Å². The van der Waals surface area contributed by atoms with E-state index in [1.807, 2.05) is 37.3 Å². The third kappa shape index (κ3) is 6.23. The van der Waals surface area contributed by atoms with Crippen molar-refractivity contribution in [2.75, 3.05) is 13.1 Å². The molecule has 2 heteroatoms. The Kier molecular flexibility index (Phi) is 6.32. The lowest BCUT2D eigenvalue weighted by Crippen LogP contribution is -2.16. The SMILES string of the molecule is CC(O)CCCNCC#Cc1ccccc1. The molecule has 0 spiro atoms. The highest BCUT2D eigenvalue weighted by Gasteiger charge is 1.93. The van der Waals surface area contributed by atoms with E-state index in [4.69, 9.17) is 5.11 Å². The van der Waals surface area contributed by atoms with Gasteiger partial charge in [0.1, 0.15) is 0 Å². The van der Waals surface area contributed by atoms with Gasteiger partial charge in [-0.2, -0.15) is 0 Å². The average Bonchev–Trinajstić information content (AvgIpc) is 2.29. The van der Waals surface area contributed by atoms with E-state index in [0.29, 0.717) is 6.54 Å². The zero-order valence-electron chi connectivity index (χ0n) is 9.74. The maximum absolute atomic E-state index is 9.05. The summed E-state index contributed by atoms with van der Waals surface area (Å²) in [7, 11) is 0. The quantitative estimate of drug-likeness (QED) is 0.582. The molecule has 0 aliphatic rings. The number of rotatable bonds is 5. The summed E-state index contributed by atoms with van der Waals surface area (Å²) in [6.07, 6.45) is 1.64. The Bertz CT molecular complexity index is 335. The molecular formula is C14H19NO. The van der Waals surface area contributed by atoms with Crippen LogP contribution in [0.5, 0.6) is 0 Å². The maximum Gasteiger partial charge on any atom is 0.0580 e. The number of hydrogen-bond acceptors (Lipinski definition) is 2. The van der Waals surface area contributed by atoms with Crippen molar-refractivity contribution in [3.05, 3.63) is 35.9 Å². The number of aliphatic hydroxyl groups is 1. The van der Waals surface area contributed by atoms with Gasteiger partial charge in [-0.15, -0.1) is 0 Å². The van der Waals surface area contributed by atoms with E-state index in [0.717, 1.165) is 24.9 Å². The van der Waals surface area contributed by atoms with E-state index < -0.39 is 0 Å². The lowest BCUT2D eigenvalue weighted by Gasteiger charge is -2.02. The second kappa shape index (κ2) is 7.92. The molecule has 0 amide bonds. The van der Waals surface area contributed by atoms with Gasteiger partial charge in [0.25, 0.3) is 0 Å². The van der Waals surface area contributed by atoms with Gasteiger partial charge in [0.2, 0.25) is 0 Å². The third-order valence-corrected chi connectivity index (χ3v) is 2.20. The first-order chi connectivity index (χ1) is 7.79. The fourth-order valence-electron chi connectivity index (χ4n) is 1.34. The van der Waals surface area contributed by atoms with Crippen LogP contribution in [0.25, 0.3) is 0 Å². The normalized spacial score (nSPS) is 11.6. The van der Waals surface area contributed by atoms with Crippen LogP contribution < -0.4 is 5.32 Å². The minimum absolute atomic E-state index is 0.197. The molecule has 0 aliphatic heterocycles. The molecule has 16 heavy (non-hydrogen) atoms. The largest absolute Gasteiger partial charge is 0.393 e. The minimum Gasteiger partial charge on any atom is -0.393 e. The lowest BCUT2D eigenvalue weighted by atomic mass is 10.2. The molecule has 1 aromatic carbocycles. The monoisotopic (exact) mass is 217 g/mol. The van der Waals surface area contributed by atoms with Gasteiger partial charge in [0.05, 0.1) is 12.6 Å². The smallest absolute Gasteiger partial charge is 0.0580 e. The molecule has 0 bridgehead atoms. The van der Waals surface area contributed by atoms with Crippen LogP contribution in [0.1, 0.15) is 25.3 Å². The molecule has 1 rings (SSSR count). The van der Waals surface area contributed by atoms with E-state index in [2.05, 4.69) is 17.2 Å². The van der Waals surface area contributed by atoms with E-state index in [1.54, 1.807) is 0 Å². The molecule has 2 nitrogen and oxygen atoms in total. The van der Waals surface area contributed by atoms with Crippen molar-refractivity contribution >= 4 is 0 Å². The number of hydrogen-bond donors (Lipinski definition) is 2. The van der Waals surface area contributed by atoms with Gasteiger partial charge in [-0.1, -0.05) is 30.0 Å². The van der Waals surface area contributed by atoms with E-state index >= 15 is 0 Å². The van der Waals surface area contributed by atoms with Crippen molar-refractivity contribution in [1.82, 2.24) is 5.32 Å². The second-order valence-electron chi connectivity index (χ2n) is 3.84. The van der Waals surface area contributed by atoms with Gasteiger partial charge in [-0.25, -0.2) is 0 Å². The zero-order valence-corrected chi connectivity index (χ0v) is 9.74. The number of aliphatic hydroxyl groups excluding tert-OH is 1. The molecule has 0 fully saturated rings. The molecule has 2 N–H and O–H groups in total. The van der Waals surface area contributed by atoms with Crippen molar-refractivity contribution in [2.24, 2.45) is 0 Å². The van der Waals surface area contributed by atoms with Gasteiger partial charge in [-0.3, -0.25) is 0 Å². The summed E-state index contributed by atoms with van der Waals surface area (Å²) in [6.45, 7) is 3.43. The van der Waals surface area contributed by atoms with Crippen LogP contribution in [0, 0.1) is 11.8 Å². The molecule has 1 aromatic rings. The van der Waals surface area contributed by atoms with Crippen LogP contribution in [0.4, 0.5) is 0 Å². The van der Waals surface area contributed by atoms with Crippen molar-refractivity contribution in [2.45, 2.75) is 25.9 Å². The van der Waals surface area contributed by atoms with Gasteiger partial charge in [0.15, 0.2) is 0 Å². The Morgan fingerprint density at radius 3 is 2.75 bits per heavy atom. The Morgan fingerprint density at radius 1 is 1.31 bits per heavy atom. The molecule has 0 radical (unpaired) electrons. The molecule has 1 unspecified atom stereocenters. The van der Waals surface area contributed by atoms with Gasteiger partial charge < -0.3 is 10.4 Å². The van der Waals surface area contributed by atoms with E-state index in [9.17, 15) is 0 Å². The fraction of sp³-hybridized carbons (Fsp3) is 0.429. The average molecular weight is 217 g/mol. The van der Waals surface area contributed by atoms with E-state index in [-0.39, 0.29) is 6.10 Å². The summed E-state index contributed by atoms with van der Waals surface area (Å²) >= 11 is 0. The van der Waals surface area contributed by atoms with Gasteiger partial charge >= 0.3 is 0 Å². The molecule has 0 saturated carbocycles. The zero-order chi connectivity index (χ0) is 11.6. The maximum atomic E-state index is 9.05. The molecule has 0 aliphatic carbocycles. The van der Waals surface area contributed by atoms with Crippen molar-refractivity contribution in [1.29, 1.82) is 0 Å². The summed E-state index contributed by atoms with van der Waals surface area (Å²) in [5.41, 5.74) is 1.05. The summed E-state index contributed by atoms with van der Waals surface area (Å²) in [5.74, 6) is 6.15. The molecular weight excluding hydrogens is 198 g/mol. The molecule has 1 atom stereocenters. The Balaban J connectivity index is 2.10. The predicted molar refractivity (Wildman–Crippen MR) is 67.1 cm³/mol. The lowest BCUT2D eigenvalue weighted by molar-refractivity contribution is 0.181. The first-order valence-electron chi connectivity index (χ1n) is 5.72. The molecule has 0 heterocycles. The Hall–Kier alpha value is -1.30. The third-order valence-electron chi connectivity index (χ3n) is 2.20. The van der Waals surface area contributed by atoms with Crippen LogP contribution in [0.2, 0.25) is 0 Å². The number of benzene rings is 1. The fourth-order valence-corrected chi connectivity index (χ4v) is 1.34. The van der Waals surface area contributed by atoms with Crippen LogP contribution in [0.15, 0.2) is 30.3 Å². The summed E-state index contributed by atoms with van der Waals surface area (Å²) in [5, 5.41) is 12.3. The van der Waals surface area contributed by atoms with Crippen molar-refractivity contribution in [3.63, 3.8) is 0 Å². The summed E-state index contributed by atoms with van der Waals surface area (Å²) < 4.78 is 0. The van der Waals surface area contributed by atoms with Crippen molar-refractivity contribution in [3.8, 4) is 11.8 Å². The Morgan fingerprint density at radius 2 is 2.06 bits per heavy atom. The standard InChI is InChI=1S/C14H19NO/c1-13(16)7-5-11-15-12-6-10-14-8-3-2-4-9-14/h2-4,8-9,13,15-16H,5,7,11-12H2,1H3. The second-order valence-corrected chi connectivity index (χ2v) is 3.84. The first kappa shape index (κ1) is 12.8. The van der Waals surface area contributed by atoms with Gasteiger partial charge in [0, 0.05) is 5.56 Å². The molecule has 86 valence electrons. The van der Waals surface area contributed by atoms with Gasteiger partial charge in [-0.05, 0) is 38.4 Å². The first-order valence-corrected chi connectivity index (χ1v) is 5.72. The van der Waals surface area contributed by atoms with Crippen LogP contribution in [-0.2, 0) is 0 Å². The van der Waals surface area contributed by atoms with Crippen LogP contribution in [-0.4, -0.2) is 24.3 Å². The highest BCUT2D eigenvalue weighted by Crippen LogP contribution is 1.94. The highest BCUT2D eigenvalue weighted by atomic mass is 16.3. The highest BCUT2D eigenvalue weighted by molar-refractivity contribution is 5.33.